The number of nitrogens with one attached hydrogen (secondary N) is 1. The summed E-state index contributed by atoms with van der Waals surface area (Å²) in [5.74, 6) is -0.0247. The van der Waals surface area contributed by atoms with Gasteiger partial charge in [-0.25, -0.2) is 0 Å². The molecule has 110 valence electrons. The Balaban J connectivity index is 1.78. The van der Waals surface area contributed by atoms with Crippen molar-refractivity contribution < 1.29 is 4.79 Å². The Morgan fingerprint density at radius 2 is 1.90 bits per heavy atom. The molecule has 2 aromatic rings. The van der Waals surface area contributed by atoms with Crippen molar-refractivity contribution in [3.8, 4) is 0 Å². The lowest BCUT2D eigenvalue weighted by atomic mass is 10.1. The number of carbonyl (C=O) groups excluding carboxylic acids is 1. The summed E-state index contributed by atoms with van der Waals surface area (Å²) in [5.41, 5.74) is 3.57. The molecule has 0 saturated heterocycles. The van der Waals surface area contributed by atoms with Gasteiger partial charge in [0.1, 0.15) is 0 Å². The van der Waals surface area contributed by atoms with Crippen molar-refractivity contribution >= 4 is 5.91 Å². The van der Waals surface area contributed by atoms with Gasteiger partial charge in [-0.2, -0.15) is 15.4 Å². The zero-order valence-corrected chi connectivity index (χ0v) is 12.5. The zero-order valence-electron chi connectivity index (χ0n) is 12.5. The van der Waals surface area contributed by atoms with E-state index in [1.54, 1.807) is 6.92 Å². The lowest BCUT2D eigenvalue weighted by molar-refractivity contribution is 0.0723. The zero-order chi connectivity index (χ0) is 14.8. The Kier molecular flexibility index (Phi) is 3.73. The van der Waals surface area contributed by atoms with Gasteiger partial charge < -0.3 is 4.90 Å². The summed E-state index contributed by atoms with van der Waals surface area (Å²) in [5, 5.41) is 10.5. The maximum Gasteiger partial charge on any atom is 0.276 e. The summed E-state index contributed by atoms with van der Waals surface area (Å²) in [6.45, 7) is 4.58. The van der Waals surface area contributed by atoms with E-state index in [9.17, 15) is 4.79 Å². The highest BCUT2D eigenvalue weighted by Crippen LogP contribution is 2.29. The molecule has 0 unspecified atom stereocenters. The van der Waals surface area contributed by atoms with Gasteiger partial charge in [0.2, 0.25) is 0 Å². The Morgan fingerprint density at radius 3 is 2.43 bits per heavy atom. The van der Waals surface area contributed by atoms with Gasteiger partial charge in [0.25, 0.3) is 5.91 Å². The molecular formula is C16H20N4O. The second-order valence-corrected chi connectivity index (χ2v) is 5.59. The summed E-state index contributed by atoms with van der Waals surface area (Å²) < 4.78 is 0. The van der Waals surface area contributed by atoms with E-state index in [0.29, 0.717) is 24.0 Å². The van der Waals surface area contributed by atoms with Crippen LogP contribution in [0.3, 0.4) is 0 Å². The first kappa shape index (κ1) is 13.8. The maximum atomic E-state index is 12.6. The van der Waals surface area contributed by atoms with Crippen LogP contribution in [0.5, 0.6) is 0 Å². The molecule has 1 aliphatic carbocycles. The number of aryl methyl sites for hydroxylation is 2. The molecule has 1 aromatic carbocycles. The minimum absolute atomic E-state index is 0.0247. The normalized spacial score (nSPS) is 14.2. The molecular weight excluding hydrogens is 264 g/mol. The Bertz CT molecular complexity index is 628. The SMILES string of the molecule is CCc1ccc(CN(C(=O)c2n[nH]nc2C)C2CC2)cc1. The highest BCUT2D eigenvalue weighted by molar-refractivity contribution is 5.93. The predicted molar refractivity (Wildman–Crippen MR) is 79.8 cm³/mol. The molecule has 0 radical (unpaired) electrons. The van der Waals surface area contributed by atoms with Crippen LogP contribution >= 0.6 is 0 Å². The van der Waals surface area contributed by atoms with Crippen LogP contribution in [0, 0.1) is 6.92 Å². The number of rotatable bonds is 5. The van der Waals surface area contributed by atoms with Gasteiger partial charge in [-0.3, -0.25) is 4.79 Å². The first-order chi connectivity index (χ1) is 10.2. The summed E-state index contributed by atoms with van der Waals surface area (Å²) in [7, 11) is 0. The van der Waals surface area contributed by atoms with Gasteiger partial charge in [-0.1, -0.05) is 31.2 Å². The third kappa shape index (κ3) is 2.96. The third-order valence-electron chi connectivity index (χ3n) is 3.96. The molecule has 21 heavy (non-hydrogen) atoms. The summed E-state index contributed by atoms with van der Waals surface area (Å²) in [4.78, 5) is 14.6. The van der Waals surface area contributed by atoms with Crippen molar-refractivity contribution in [2.24, 2.45) is 0 Å². The molecule has 1 fully saturated rings. The number of nitrogens with zero attached hydrogens (tertiary/aromatic N) is 3. The minimum atomic E-state index is -0.0247. The average molecular weight is 284 g/mol. The molecule has 1 heterocycles. The van der Waals surface area contributed by atoms with Crippen LogP contribution in [0.25, 0.3) is 0 Å². The summed E-state index contributed by atoms with van der Waals surface area (Å²) >= 11 is 0. The fourth-order valence-electron chi connectivity index (χ4n) is 2.45. The molecule has 1 saturated carbocycles. The quantitative estimate of drug-likeness (QED) is 0.917. The van der Waals surface area contributed by atoms with E-state index in [2.05, 4.69) is 46.6 Å². The first-order valence-electron chi connectivity index (χ1n) is 7.45. The number of hydrogen-bond donors (Lipinski definition) is 1. The Morgan fingerprint density at radius 1 is 1.24 bits per heavy atom. The second kappa shape index (κ2) is 5.68. The van der Waals surface area contributed by atoms with Crippen LogP contribution in [-0.2, 0) is 13.0 Å². The molecule has 1 N–H and O–H groups in total. The molecule has 5 nitrogen and oxygen atoms in total. The van der Waals surface area contributed by atoms with Crippen LogP contribution in [0.4, 0.5) is 0 Å². The summed E-state index contributed by atoms with van der Waals surface area (Å²) in [6, 6.07) is 8.83. The first-order valence-corrected chi connectivity index (χ1v) is 7.45. The molecule has 0 aliphatic heterocycles. The molecule has 0 atom stereocenters. The largest absolute Gasteiger partial charge is 0.330 e. The molecule has 5 heteroatoms. The van der Waals surface area contributed by atoms with Crippen molar-refractivity contribution in [3.63, 3.8) is 0 Å². The molecule has 1 aliphatic rings. The van der Waals surface area contributed by atoms with Crippen molar-refractivity contribution in [2.75, 3.05) is 0 Å². The number of aromatic nitrogens is 3. The van der Waals surface area contributed by atoms with Gasteiger partial charge in [0.15, 0.2) is 5.69 Å². The topological polar surface area (TPSA) is 61.9 Å². The van der Waals surface area contributed by atoms with Gasteiger partial charge in [-0.15, -0.1) is 0 Å². The monoisotopic (exact) mass is 284 g/mol. The van der Waals surface area contributed by atoms with Crippen LogP contribution in [0.2, 0.25) is 0 Å². The van der Waals surface area contributed by atoms with E-state index in [-0.39, 0.29) is 5.91 Å². The van der Waals surface area contributed by atoms with Gasteiger partial charge in [0.05, 0.1) is 5.69 Å². The number of amides is 1. The van der Waals surface area contributed by atoms with Crippen LogP contribution in [0.15, 0.2) is 24.3 Å². The van der Waals surface area contributed by atoms with E-state index in [1.165, 1.54) is 5.56 Å². The van der Waals surface area contributed by atoms with E-state index in [0.717, 1.165) is 24.8 Å². The minimum Gasteiger partial charge on any atom is -0.330 e. The van der Waals surface area contributed by atoms with Crippen LogP contribution in [-0.4, -0.2) is 32.3 Å². The van der Waals surface area contributed by atoms with E-state index >= 15 is 0 Å². The van der Waals surface area contributed by atoms with Crippen LogP contribution in [0.1, 0.15) is 47.1 Å². The molecule has 1 aromatic heterocycles. The lowest BCUT2D eigenvalue weighted by Crippen LogP contribution is -2.33. The highest BCUT2D eigenvalue weighted by Gasteiger charge is 2.34. The summed E-state index contributed by atoms with van der Waals surface area (Å²) in [6.07, 6.45) is 3.19. The Hall–Kier alpha value is -2.17. The number of aromatic amines is 1. The molecule has 3 rings (SSSR count). The van der Waals surface area contributed by atoms with E-state index in [4.69, 9.17) is 0 Å². The second-order valence-electron chi connectivity index (χ2n) is 5.59. The fourth-order valence-corrected chi connectivity index (χ4v) is 2.45. The molecule has 0 bridgehead atoms. The predicted octanol–water partition coefficient (Wildman–Crippen LogP) is 2.48. The fraction of sp³-hybridized carbons (Fsp3) is 0.438. The standard InChI is InChI=1S/C16H20N4O/c1-3-12-4-6-13(7-5-12)10-20(14-8-9-14)16(21)15-11(2)17-19-18-15/h4-7,14H,3,8-10H2,1-2H3,(H,17,18,19). The number of hydrogen-bond acceptors (Lipinski definition) is 3. The lowest BCUT2D eigenvalue weighted by Gasteiger charge is -2.21. The average Bonchev–Trinajstić information content (AvgIpc) is 3.26. The number of H-pyrrole nitrogens is 1. The van der Waals surface area contributed by atoms with Crippen molar-refractivity contribution in [3.05, 3.63) is 46.8 Å². The third-order valence-corrected chi connectivity index (χ3v) is 3.96. The molecule has 1 amide bonds. The van der Waals surface area contributed by atoms with Crippen LogP contribution < -0.4 is 0 Å². The van der Waals surface area contributed by atoms with Crippen molar-refractivity contribution in [2.45, 2.75) is 45.7 Å². The number of carbonyl (C=O) groups is 1. The molecule has 0 spiro atoms. The van der Waals surface area contributed by atoms with Gasteiger partial charge >= 0.3 is 0 Å². The maximum absolute atomic E-state index is 12.6. The van der Waals surface area contributed by atoms with Crippen molar-refractivity contribution in [1.82, 2.24) is 20.3 Å². The van der Waals surface area contributed by atoms with E-state index in [1.807, 2.05) is 4.90 Å². The van der Waals surface area contributed by atoms with Gasteiger partial charge in [-0.05, 0) is 37.3 Å². The van der Waals surface area contributed by atoms with Gasteiger partial charge in [0, 0.05) is 12.6 Å². The smallest absolute Gasteiger partial charge is 0.276 e. The number of benzene rings is 1. The Labute approximate surface area is 124 Å². The highest BCUT2D eigenvalue weighted by atomic mass is 16.2. The van der Waals surface area contributed by atoms with E-state index < -0.39 is 0 Å². The van der Waals surface area contributed by atoms with Crippen molar-refractivity contribution in [1.29, 1.82) is 0 Å².